The van der Waals surface area contributed by atoms with Crippen LogP contribution in [0.15, 0.2) is 54.6 Å². The first-order valence-electron chi connectivity index (χ1n) is 9.74. The van der Waals surface area contributed by atoms with E-state index in [4.69, 9.17) is 0 Å². The van der Waals surface area contributed by atoms with Gasteiger partial charge in [-0.3, -0.25) is 4.90 Å². The first-order chi connectivity index (χ1) is 13.1. The molecule has 140 valence electrons. The van der Waals surface area contributed by atoms with Gasteiger partial charge in [0.1, 0.15) is 0 Å². The lowest BCUT2D eigenvalue weighted by molar-refractivity contribution is 0.181. The van der Waals surface area contributed by atoms with Crippen LogP contribution in [-0.2, 0) is 18.5 Å². The van der Waals surface area contributed by atoms with Gasteiger partial charge in [0.15, 0.2) is 5.82 Å². The minimum absolute atomic E-state index is 0.0420. The van der Waals surface area contributed by atoms with Gasteiger partial charge in [0.25, 0.3) is 0 Å². The van der Waals surface area contributed by atoms with Crippen LogP contribution >= 0.6 is 0 Å². The largest absolute Gasteiger partial charge is 0.285 e. The lowest BCUT2D eigenvalue weighted by Crippen LogP contribution is -2.38. The highest BCUT2D eigenvalue weighted by molar-refractivity contribution is 5.31. The lowest BCUT2D eigenvalue weighted by atomic mass is 9.95. The van der Waals surface area contributed by atoms with E-state index in [9.17, 15) is 0 Å². The fraction of sp³-hybridized carbons (Fsp3) is 0.409. The van der Waals surface area contributed by atoms with Crippen LogP contribution in [0.5, 0.6) is 0 Å². The van der Waals surface area contributed by atoms with Crippen LogP contribution in [0.3, 0.4) is 0 Å². The number of rotatable bonds is 5. The van der Waals surface area contributed by atoms with Crippen LogP contribution in [-0.4, -0.2) is 31.7 Å². The molecule has 0 amide bonds. The maximum atomic E-state index is 4.50. The van der Waals surface area contributed by atoms with Gasteiger partial charge in [-0.1, -0.05) is 61.5 Å². The summed E-state index contributed by atoms with van der Waals surface area (Å²) in [6, 6.07) is 19.4. The summed E-state index contributed by atoms with van der Waals surface area (Å²) >= 11 is 0. The van der Waals surface area contributed by atoms with Crippen molar-refractivity contribution >= 4 is 0 Å². The normalized spacial score (nSPS) is 16.1. The summed E-state index contributed by atoms with van der Waals surface area (Å²) in [7, 11) is 0. The number of hydrogen-bond acceptors (Lipinski definition) is 4. The summed E-state index contributed by atoms with van der Waals surface area (Å²) in [5.41, 5.74) is 3.96. The molecule has 1 atom stereocenters. The number of tetrazole rings is 1. The molecule has 0 radical (unpaired) electrons. The average molecular weight is 361 g/mol. The van der Waals surface area contributed by atoms with Gasteiger partial charge in [-0.25, -0.2) is 4.68 Å². The number of benzene rings is 2. The molecular weight excluding hydrogens is 334 g/mol. The fourth-order valence-electron chi connectivity index (χ4n) is 3.84. The molecule has 2 heterocycles. The molecule has 3 aromatic rings. The molecule has 2 aromatic carbocycles. The molecule has 0 fully saturated rings. The minimum atomic E-state index is -0.125. The van der Waals surface area contributed by atoms with E-state index in [1.807, 2.05) is 4.68 Å². The molecule has 1 aliphatic heterocycles. The van der Waals surface area contributed by atoms with Gasteiger partial charge >= 0.3 is 0 Å². The van der Waals surface area contributed by atoms with Crippen molar-refractivity contribution in [1.82, 2.24) is 25.1 Å². The van der Waals surface area contributed by atoms with Crippen molar-refractivity contribution in [3.05, 3.63) is 77.1 Å². The van der Waals surface area contributed by atoms with Crippen molar-refractivity contribution in [2.75, 3.05) is 6.54 Å². The zero-order chi connectivity index (χ0) is 18.9. The van der Waals surface area contributed by atoms with Gasteiger partial charge in [-0.15, -0.1) is 5.10 Å². The smallest absolute Gasteiger partial charge is 0.173 e. The highest BCUT2D eigenvalue weighted by Crippen LogP contribution is 2.34. The van der Waals surface area contributed by atoms with Gasteiger partial charge in [-0.05, 0) is 53.8 Å². The number of fused-ring (bicyclic) bond motifs is 1. The molecule has 0 aliphatic carbocycles. The zero-order valence-corrected chi connectivity index (χ0v) is 16.3. The molecule has 5 heteroatoms. The van der Waals surface area contributed by atoms with Crippen LogP contribution in [0.2, 0.25) is 0 Å². The summed E-state index contributed by atoms with van der Waals surface area (Å²) < 4.78 is 2.02. The van der Waals surface area contributed by atoms with E-state index in [2.05, 4.69) is 95.8 Å². The summed E-state index contributed by atoms with van der Waals surface area (Å²) in [5.74, 6) is 0.924. The van der Waals surface area contributed by atoms with Crippen molar-refractivity contribution in [3.8, 4) is 0 Å². The van der Waals surface area contributed by atoms with Crippen molar-refractivity contribution in [2.24, 2.45) is 0 Å². The maximum Gasteiger partial charge on any atom is 0.173 e. The molecule has 27 heavy (non-hydrogen) atoms. The molecular formula is C22H27N5. The molecule has 0 bridgehead atoms. The molecule has 1 aromatic heterocycles. The number of nitrogens with zero attached hydrogens (tertiary/aromatic N) is 5. The molecule has 4 rings (SSSR count). The van der Waals surface area contributed by atoms with Crippen molar-refractivity contribution in [3.63, 3.8) is 0 Å². The standard InChI is InChI=1S/C22H27N5/c1-4-22(2,3)27-21(23-24-25-27)20(18-11-6-5-7-12-18)26-15-14-17-10-8-9-13-19(17)16-26/h5-13,20H,4,14-16H2,1-3H3/t20-/m0/s1. The molecule has 0 unspecified atom stereocenters. The molecule has 0 saturated heterocycles. The van der Waals surface area contributed by atoms with E-state index >= 15 is 0 Å². The molecule has 0 saturated carbocycles. The second-order valence-corrected chi connectivity index (χ2v) is 7.92. The Balaban J connectivity index is 1.78. The van der Waals surface area contributed by atoms with Crippen molar-refractivity contribution < 1.29 is 0 Å². The SMILES string of the molecule is CCC(C)(C)n1nnnc1[C@H](c1ccccc1)N1CCc2ccccc2C1. The highest BCUT2D eigenvalue weighted by atomic mass is 15.6. The first-order valence-corrected chi connectivity index (χ1v) is 9.74. The lowest BCUT2D eigenvalue weighted by Gasteiger charge is -2.36. The van der Waals surface area contributed by atoms with Crippen LogP contribution in [0.25, 0.3) is 0 Å². The van der Waals surface area contributed by atoms with E-state index in [1.165, 1.54) is 16.7 Å². The number of aromatic nitrogens is 4. The van der Waals surface area contributed by atoms with Gasteiger partial charge in [0.05, 0.1) is 11.6 Å². The summed E-state index contributed by atoms with van der Waals surface area (Å²) in [6.45, 7) is 8.48. The van der Waals surface area contributed by atoms with Crippen LogP contribution < -0.4 is 0 Å². The van der Waals surface area contributed by atoms with Crippen LogP contribution in [0, 0.1) is 0 Å². The number of hydrogen-bond donors (Lipinski definition) is 0. The Morgan fingerprint density at radius 1 is 1.00 bits per heavy atom. The third kappa shape index (κ3) is 3.39. The summed E-state index contributed by atoms with van der Waals surface area (Å²) in [5, 5.41) is 12.9. The summed E-state index contributed by atoms with van der Waals surface area (Å²) in [6.07, 6.45) is 2.02. The monoisotopic (exact) mass is 361 g/mol. The topological polar surface area (TPSA) is 46.8 Å². The Morgan fingerprint density at radius 2 is 1.70 bits per heavy atom. The van der Waals surface area contributed by atoms with Gasteiger partial charge in [0.2, 0.25) is 0 Å². The third-order valence-corrected chi connectivity index (χ3v) is 5.82. The Bertz CT molecular complexity index is 900. The molecule has 0 N–H and O–H groups in total. The molecule has 0 spiro atoms. The predicted octanol–water partition coefficient (Wildman–Crippen LogP) is 3.97. The predicted molar refractivity (Wildman–Crippen MR) is 106 cm³/mol. The van der Waals surface area contributed by atoms with Crippen molar-refractivity contribution in [2.45, 2.75) is 51.7 Å². The minimum Gasteiger partial charge on any atom is -0.285 e. The fourth-order valence-corrected chi connectivity index (χ4v) is 3.84. The molecule has 5 nitrogen and oxygen atoms in total. The van der Waals surface area contributed by atoms with Crippen LogP contribution in [0.1, 0.15) is 55.7 Å². The Morgan fingerprint density at radius 3 is 2.44 bits per heavy atom. The third-order valence-electron chi connectivity index (χ3n) is 5.82. The van der Waals surface area contributed by atoms with Gasteiger partial charge in [-0.2, -0.15) is 0 Å². The molecule has 1 aliphatic rings. The van der Waals surface area contributed by atoms with Gasteiger partial charge < -0.3 is 0 Å². The average Bonchev–Trinajstić information content (AvgIpc) is 3.19. The van der Waals surface area contributed by atoms with E-state index < -0.39 is 0 Å². The van der Waals surface area contributed by atoms with E-state index in [-0.39, 0.29) is 11.6 Å². The van der Waals surface area contributed by atoms with E-state index in [0.29, 0.717) is 0 Å². The highest BCUT2D eigenvalue weighted by Gasteiger charge is 2.33. The quantitative estimate of drug-likeness (QED) is 0.690. The summed E-state index contributed by atoms with van der Waals surface area (Å²) in [4.78, 5) is 2.51. The maximum absolute atomic E-state index is 4.50. The Labute approximate surface area is 161 Å². The van der Waals surface area contributed by atoms with E-state index in [0.717, 1.165) is 31.8 Å². The Hall–Kier alpha value is -2.53. The second-order valence-electron chi connectivity index (χ2n) is 7.92. The Kier molecular flexibility index (Phi) is 4.79. The van der Waals surface area contributed by atoms with Gasteiger partial charge in [0, 0.05) is 13.1 Å². The van der Waals surface area contributed by atoms with Crippen LogP contribution in [0.4, 0.5) is 0 Å². The first kappa shape index (κ1) is 17.9. The second kappa shape index (κ2) is 7.24. The van der Waals surface area contributed by atoms with E-state index in [1.54, 1.807) is 0 Å². The zero-order valence-electron chi connectivity index (χ0n) is 16.3. The van der Waals surface area contributed by atoms with Crippen molar-refractivity contribution in [1.29, 1.82) is 0 Å².